The average molecular weight is 476 g/mol. The number of para-hydroxylation sites is 1. The highest BCUT2D eigenvalue weighted by Crippen LogP contribution is 2.19. The van der Waals surface area contributed by atoms with Crippen molar-refractivity contribution in [1.29, 1.82) is 0 Å². The number of ether oxygens (including phenoxy) is 1. The molecule has 0 fully saturated rings. The van der Waals surface area contributed by atoms with E-state index in [-0.39, 0.29) is 24.3 Å². The molecule has 0 radical (unpaired) electrons. The Morgan fingerprint density at radius 3 is 2.15 bits per heavy atom. The van der Waals surface area contributed by atoms with E-state index in [1.54, 1.807) is 46.8 Å². The fourth-order valence-corrected chi connectivity index (χ4v) is 3.41. The van der Waals surface area contributed by atoms with Crippen LogP contribution >= 0.6 is 0 Å². The van der Waals surface area contributed by atoms with Gasteiger partial charge in [0.1, 0.15) is 17.7 Å². The van der Waals surface area contributed by atoms with Crippen LogP contribution in [0.1, 0.15) is 54.9 Å². The molecule has 34 heavy (non-hydrogen) atoms. The SMILES string of the molecule is C=C[C@@H](O)CN(C(=O)OC(C)(C)C)[C@@H](C(=O)N[C@@H](CC(C)C)C(=O)Nc1ccccc1)C(C)C. The zero-order valence-corrected chi connectivity index (χ0v) is 21.5. The van der Waals surface area contributed by atoms with Gasteiger partial charge in [-0.3, -0.25) is 14.5 Å². The zero-order valence-electron chi connectivity index (χ0n) is 21.5. The second-order valence-electron chi connectivity index (χ2n) is 10.2. The molecule has 3 amide bonds. The van der Waals surface area contributed by atoms with E-state index >= 15 is 0 Å². The topological polar surface area (TPSA) is 108 Å². The van der Waals surface area contributed by atoms with Crippen molar-refractivity contribution in [3.8, 4) is 0 Å². The average Bonchev–Trinajstić information content (AvgIpc) is 2.71. The molecular weight excluding hydrogens is 434 g/mol. The Bertz CT molecular complexity index is 817. The van der Waals surface area contributed by atoms with Crippen molar-refractivity contribution >= 4 is 23.6 Å². The number of benzene rings is 1. The minimum absolute atomic E-state index is 0.133. The maximum atomic E-state index is 13.5. The van der Waals surface area contributed by atoms with Crippen LogP contribution in [0.3, 0.4) is 0 Å². The lowest BCUT2D eigenvalue weighted by atomic mass is 9.98. The Labute approximate surface area is 203 Å². The predicted molar refractivity (Wildman–Crippen MR) is 134 cm³/mol. The Balaban J connectivity index is 3.20. The van der Waals surface area contributed by atoms with Crippen LogP contribution in [-0.2, 0) is 14.3 Å². The van der Waals surface area contributed by atoms with Crippen molar-refractivity contribution in [2.45, 2.75) is 78.7 Å². The molecule has 0 heterocycles. The highest BCUT2D eigenvalue weighted by atomic mass is 16.6. The highest BCUT2D eigenvalue weighted by Gasteiger charge is 2.37. The van der Waals surface area contributed by atoms with Crippen molar-refractivity contribution in [1.82, 2.24) is 10.2 Å². The van der Waals surface area contributed by atoms with E-state index in [1.165, 1.54) is 11.0 Å². The molecule has 0 aromatic heterocycles. The summed E-state index contributed by atoms with van der Waals surface area (Å²) < 4.78 is 5.50. The van der Waals surface area contributed by atoms with Crippen LogP contribution in [0, 0.1) is 11.8 Å². The number of hydrogen-bond donors (Lipinski definition) is 3. The van der Waals surface area contributed by atoms with Gasteiger partial charge in [-0.1, -0.05) is 52.0 Å². The fourth-order valence-electron chi connectivity index (χ4n) is 3.41. The fraction of sp³-hybridized carbons (Fsp3) is 0.577. The number of hydrogen-bond acceptors (Lipinski definition) is 5. The number of carbonyl (C=O) groups excluding carboxylic acids is 3. The molecule has 3 atom stereocenters. The molecule has 3 N–H and O–H groups in total. The Morgan fingerprint density at radius 2 is 1.68 bits per heavy atom. The molecular formula is C26H41N3O5. The number of nitrogens with zero attached hydrogens (tertiary/aromatic N) is 1. The number of amides is 3. The van der Waals surface area contributed by atoms with Crippen LogP contribution < -0.4 is 10.6 Å². The molecule has 0 saturated heterocycles. The molecule has 8 heteroatoms. The summed E-state index contributed by atoms with van der Waals surface area (Å²) in [4.78, 5) is 40.7. The molecule has 0 spiro atoms. The summed E-state index contributed by atoms with van der Waals surface area (Å²) in [5, 5.41) is 15.8. The summed E-state index contributed by atoms with van der Waals surface area (Å²) in [6.07, 6.45) is -0.0656. The quantitative estimate of drug-likeness (QED) is 0.420. The van der Waals surface area contributed by atoms with E-state index in [9.17, 15) is 19.5 Å². The van der Waals surface area contributed by atoms with E-state index in [2.05, 4.69) is 17.2 Å². The number of anilines is 1. The van der Waals surface area contributed by atoms with Gasteiger partial charge < -0.3 is 20.5 Å². The van der Waals surface area contributed by atoms with Crippen LogP contribution in [0.15, 0.2) is 43.0 Å². The minimum atomic E-state index is -1.05. The van der Waals surface area contributed by atoms with E-state index in [0.717, 1.165) is 0 Å². The van der Waals surface area contributed by atoms with E-state index in [4.69, 9.17) is 4.74 Å². The summed E-state index contributed by atoms with van der Waals surface area (Å²) >= 11 is 0. The van der Waals surface area contributed by atoms with Crippen LogP contribution in [0.25, 0.3) is 0 Å². The second kappa shape index (κ2) is 13.1. The summed E-state index contributed by atoms with van der Waals surface area (Å²) in [6.45, 7) is 16.1. The summed E-state index contributed by atoms with van der Waals surface area (Å²) in [5.74, 6) is -1.02. The molecule has 0 aliphatic rings. The van der Waals surface area contributed by atoms with E-state index in [1.807, 2.05) is 32.0 Å². The molecule has 1 aromatic carbocycles. The Kier molecular flexibility index (Phi) is 11.3. The monoisotopic (exact) mass is 475 g/mol. The molecule has 1 aromatic rings. The van der Waals surface area contributed by atoms with Gasteiger partial charge in [0.05, 0.1) is 12.6 Å². The van der Waals surface area contributed by atoms with Gasteiger partial charge in [-0.2, -0.15) is 0 Å². The molecule has 0 unspecified atom stereocenters. The van der Waals surface area contributed by atoms with Crippen LogP contribution in [0.5, 0.6) is 0 Å². The molecule has 0 aliphatic heterocycles. The first-order valence-electron chi connectivity index (χ1n) is 11.7. The van der Waals surface area contributed by atoms with Gasteiger partial charge in [-0.15, -0.1) is 6.58 Å². The van der Waals surface area contributed by atoms with Gasteiger partial charge in [0, 0.05) is 5.69 Å². The molecule has 1 rings (SSSR count). The van der Waals surface area contributed by atoms with Crippen molar-refractivity contribution in [2.24, 2.45) is 11.8 Å². The molecule has 190 valence electrons. The van der Waals surface area contributed by atoms with Gasteiger partial charge >= 0.3 is 6.09 Å². The first kappa shape index (κ1) is 29.2. The van der Waals surface area contributed by atoms with Crippen molar-refractivity contribution < 1.29 is 24.2 Å². The number of aliphatic hydroxyl groups is 1. The third kappa shape index (κ3) is 9.95. The van der Waals surface area contributed by atoms with Crippen molar-refractivity contribution in [3.63, 3.8) is 0 Å². The lowest BCUT2D eigenvalue weighted by Crippen LogP contribution is -2.58. The lowest BCUT2D eigenvalue weighted by Gasteiger charge is -2.36. The highest BCUT2D eigenvalue weighted by molar-refractivity contribution is 5.98. The summed E-state index contributed by atoms with van der Waals surface area (Å²) in [7, 11) is 0. The normalized spacial score (nSPS) is 14.2. The van der Waals surface area contributed by atoms with Gasteiger partial charge in [0.25, 0.3) is 0 Å². The van der Waals surface area contributed by atoms with Gasteiger partial charge in [-0.25, -0.2) is 4.79 Å². The predicted octanol–water partition coefficient (Wildman–Crippen LogP) is 3.96. The number of aliphatic hydroxyl groups excluding tert-OH is 1. The van der Waals surface area contributed by atoms with Crippen LogP contribution in [0.4, 0.5) is 10.5 Å². The Hall–Kier alpha value is -2.87. The van der Waals surface area contributed by atoms with Crippen LogP contribution in [-0.4, -0.2) is 58.2 Å². The van der Waals surface area contributed by atoms with Crippen LogP contribution in [0.2, 0.25) is 0 Å². The van der Waals surface area contributed by atoms with Crippen molar-refractivity contribution in [2.75, 3.05) is 11.9 Å². The first-order chi connectivity index (χ1) is 15.7. The van der Waals surface area contributed by atoms with Gasteiger partial charge in [0.2, 0.25) is 11.8 Å². The summed E-state index contributed by atoms with van der Waals surface area (Å²) in [6, 6.07) is 7.23. The molecule has 0 bridgehead atoms. The molecule has 0 aliphatic carbocycles. The second-order valence-corrected chi connectivity index (χ2v) is 10.2. The molecule has 0 saturated carbocycles. The first-order valence-corrected chi connectivity index (χ1v) is 11.7. The smallest absolute Gasteiger partial charge is 0.411 e. The minimum Gasteiger partial charge on any atom is -0.444 e. The lowest BCUT2D eigenvalue weighted by molar-refractivity contribution is -0.132. The van der Waals surface area contributed by atoms with E-state index < -0.39 is 35.8 Å². The standard InChI is InChI=1S/C26H41N3O5/c1-9-20(30)16-29(25(33)34-26(6,7)8)22(18(4)5)24(32)28-21(15-17(2)3)23(31)27-19-13-11-10-12-14-19/h9-14,17-18,20-22,30H,1,15-16H2,2-8H3,(H,27,31)(H,28,32)/t20-,21+,22-/m1/s1. The zero-order chi connectivity index (χ0) is 26.1. The number of rotatable bonds is 11. The van der Waals surface area contributed by atoms with Crippen molar-refractivity contribution in [3.05, 3.63) is 43.0 Å². The number of nitrogens with one attached hydrogen (secondary N) is 2. The Morgan fingerprint density at radius 1 is 1.09 bits per heavy atom. The third-order valence-corrected chi connectivity index (χ3v) is 4.90. The largest absolute Gasteiger partial charge is 0.444 e. The maximum absolute atomic E-state index is 13.5. The van der Waals surface area contributed by atoms with E-state index in [0.29, 0.717) is 12.1 Å². The maximum Gasteiger partial charge on any atom is 0.411 e. The van der Waals surface area contributed by atoms with Gasteiger partial charge in [-0.05, 0) is 51.2 Å². The number of carbonyl (C=O) groups is 3. The summed E-state index contributed by atoms with van der Waals surface area (Å²) in [5.41, 5.74) is -0.164. The third-order valence-electron chi connectivity index (χ3n) is 4.90. The van der Waals surface area contributed by atoms with Gasteiger partial charge in [0.15, 0.2) is 0 Å². The molecule has 8 nitrogen and oxygen atoms in total.